The molecule has 0 unspecified atom stereocenters. The number of halogens is 2. The summed E-state index contributed by atoms with van der Waals surface area (Å²) in [5.41, 5.74) is 0.0865. The van der Waals surface area contributed by atoms with E-state index in [0.717, 1.165) is 6.07 Å². The van der Waals surface area contributed by atoms with E-state index >= 15 is 0 Å². The SMILES string of the molecule is CC(C)[C@H](NC(=O)c1ccccc1F)C(=O)OCC(=O)Nc1cccnc1Cl. The molecular weight excluding hydrogens is 389 g/mol. The van der Waals surface area contributed by atoms with E-state index in [-0.39, 0.29) is 22.3 Å². The number of amides is 2. The minimum Gasteiger partial charge on any atom is -0.454 e. The van der Waals surface area contributed by atoms with Gasteiger partial charge in [-0.3, -0.25) is 9.59 Å². The highest BCUT2D eigenvalue weighted by atomic mass is 35.5. The lowest BCUT2D eigenvalue weighted by Crippen LogP contribution is -2.46. The summed E-state index contributed by atoms with van der Waals surface area (Å²) >= 11 is 5.84. The molecule has 0 spiro atoms. The molecule has 0 aliphatic carbocycles. The predicted octanol–water partition coefficient (Wildman–Crippen LogP) is 2.81. The molecule has 1 atom stereocenters. The van der Waals surface area contributed by atoms with Gasteiger partial charge in [-0.2, -0.15) is 0 Å². The Morgan fingerprint density at radius 1 is 1.18 bits per heavy atom. The molecule has 7 nitrogen and oxygen atoms in total. The highest BCUT2D eigenvalue weighted by Crippen LogP contribution is 2.17. The van der Waals surface area contributed by atoms with Crippen LogP contribution in [0, 0.1) is 11.7 Å². The van der Waals surface area contributed by atoms with Gasteiger partial charge in [-0.15, -0.1) is 0 Å². The van der Waals surface area contributed by atoms with Crippen molar-refractivity contribution in [2.24, 2.45) is 5.92 Å². The zero-order valence-corrected chi connectivity index (χ0v) is 16.0. The lowest BCUT2D eigenvalue weighted by molar-refractivity contribution is -0.150. The Hall–Kier alpha value is -3.00. The van der Waals surface area contributed by atoms with Crippen molar-refractivity contribution >= 4 is 35.1 Å². The Kier molecular flexibility index (Phi) is 7.45. The molecule has 0 aliphatic heterocycles. The number of esters is 1. The molecule has 0 aliphatic rings. The smallest absolute Gasteiger partial charge is 0.329 e. The quantitative estimate of drug-likeness (QED) is 0.543. The van der Waals surface area contributed by atoms with E-state index in [2.05, 4.69) is 15.6 Å². The van der Waals surface area contributed by atoms with Crippen LogP contribution >= 0.6 is 11.6 Å². The van der Waals surface area contributed by atoms with Crippen molar-refractivity contribution in [2.75, 3.05) is 11.9 Å². The van der Waals surface area contributed by atoms with Crippen LogP contribution in [0.4, 0.5) is 10.1 Å². The van der Waals surface area contributed by atoms with Crippen molar-refractivity contribution in [3.63, 3.8) is 0 Å². The largest absolute Gasteiger partial charge is 0.454 e. The van der Waals surface area contributed by atoms with Crippen LogP contribution in [0.1, 0.15) is 24.2 Å². The normalized spacial score (nSPS) is 11.6. The maximum atomic E-state index is 13.7. The highest BCUT2D eigenvalue weighted by Gasteiger charge is 2.27. The standard InChI is InChI=1S/C19H19ClFN3O4/c1-11(2)16(24-18(26)12-6-3-4-7-13(12)21)19(27)28-10-15(25)23-14-8-5-9-22-17(14)20/h3-9,11,16H,10H2,1-2H3,(H,23,25)(H,24,26)/t16-/m0/s1. The number of nitrogens with zero attached hydrogens (tertiary/aromatic N) is 1. The summed E-state index contributed by atoms with van der Waals surface area (Å²) in [4.78, 5) is 40.3. The van der Waals surface area contributed by atoms with E-state index in [4.69, 9.17) is 16.3 Å². The van der Waals surface area contributed by atoms with Crippen LogP contribution in [-0.2, 0) is 14.3 Å². The van der Waals surface area contributed by atoms with Gasteiger partial charge in [0, 0.05) is 6.20 Å². The second-order valence-electron chi connectivity index (χ2n) is 6.17. The van der Waals surface area contributed by atoms with Crippen molar-refractivity contribution in [3.8, 4) is 0 Å². The number of hydrogen-bond donors (Lipinski definition) is 2. The van der Waals surface area contributed by atoms with E-state index < -0.39 is 36.2 Å². The topological polar surface area (TPSA) is 97.4 Å². The molecule has 0 fully saturated rings. The molecule has 2 aromatic rings. The molecule has 9 heteroatoms. The second-order valence-corrected chi connectivity index (χ2v) is 6.53. The van der Waals surface area contributed by atoms with Gasteiger partial charge in [-0.25, -0.2) is 14.2 Å². The van der Waals surface area contributed by atoms with Crippen molar-refractivity contribution in [1.82, 2.24) is 10.3 Å². The lowest BCUT2D eigenvalue weighted by atomic mass is 10.0. The molecule has 28 heavy (non-hydrogen) atoms. The van der Waals surface area contributed by atoms with E-state index in [1.54, 1.807) is 26.0 Å². The van der Waals surface area contributed by atoms with Gasteiger partial charge < -0.3 is 15.4 Å². The summed E-state index contributed by atoms with van der Waals surface area (Å²) < 4.78 is 18.7. The monoisotopic (exact) mass is 407 g/mol. The molecule has 1 aromatic carbocycles. The average molecular weight is 408 g/mol. The molecule has 0 radical (unpaired) electrons. The van der Waals surface area contributed by atoms with Gasteiger partial charge in [-0.1, -0.05) is 37.6 Å². The van der Waals surface area contributed by atoms with Crippen LogP contribution in [0.5, 0.6) is 0 Å². The molecule has 2 amide bonds. The van der Waals surface area contributed by atoms with Crippen molar-refractivity contribution < 1.29 is 23.5 Å². The zero-order valence-electron chi connectivity index (χ0n) is 15.2. The van der Waals surface area contributed by atoms with Crippen LogP contribution in [0.3, 0.4) is 0 Å². The molecule has 1 aromatic heterocycles. The highest BCUT2D eigenvalue weighted by molar-refractivity contribution is 6.32. The first-order valence-corrected chi connectivity index (χ1v) is 8.79. The first-order chi connectivity index (χ1) is 13.3. The number of rotatable bonds is 7. The minimum absolute atomic E-state index is 0.0967. The number of carbonyl (C=O) groups is 3. The molecule has 1 heterocycles. The van der Waals surface area contributed by atoms with Crippen LogP contribution in [0.2, 0.25) is 5.15 Å². The van der Waals surface area contributed by atoms with Gasteiger partial charge in [0.1, 0.15) is 11.9 Å². The number of ether oxygens (including phenoxy) is 1. The molecule has 2 rings (SSSR count). The third kappa shape index (κ3) is 5.75. The fraction of sp³-hybridized carbons (Fsp3) is 0.263. The van der Waals surface area contributed by atoms with E-state index in [9.17, 15) is 18.8 Å². The summed E-state index contributed by atoms with van der Waals surface area (Å²) in [5.74, 6) is -3.23. The number of pyridine rings is 1. The lowest BCUT2D eigenvalue weighted by Gasteiger charge is -2.21. The van der Waals surface area contributed by atoms with Crippen LogP contribution in [-0.4, -0.2) is 35.4 Å². The summed E-state index contributed by atoms with van der Waals surface area (Å²) in [6.45, 7) is 2.79. The number of benzene rings is 1. The number of anilines is 1. The zero-order chi connectivity index (χ0) is 20.7. The van der Waals surface area contributed by atoms with Crippen LogP contribution < -0.4 is 10.6 Å². The van der Waals surface area contributed by atoms with Gasteiger partial charge in [0.25, 0.3) is 11.8 Å². The van der Waals surface area contributed by atoms with Crippen molar-refractivity contribution in [3.05, 3.63) is 59.1 Å². The Labute approximate surface area is 166 Å². The maximum Gasteiger partial charge on any atom is 0.329 e. The Balaban J connectivity index is 1.95. The summed E-state index contributed by atoms with van der Waals surface area (Å²) in [6, 6.07) is 7.48. The average Bonchev–Trinajstić information content (AvgIpc) is 2.66. The molecule has 2 N–H and O–H groups in total. The third-order valence-electron chi connectivity index (χ3n) is 3.70. The van der Waals surface area contributed by atoms with Gasteiger partial charge in [-0.05, 0) is 30.2 Å². The summed E-state index contributed by atoms with van der Waals surface area (Å²) in [6.07, 6.45) is 1.46. The number of nitrogens with one attached hydrogen (secondary N) is 2. The van der Waals surface area contributed by atoms with Crippen molar-refractivity contribution in [2.45, 2.75) is 19.9 Å². The predicted molar refractivity (Wildman–Crippen MR) is 101 cm³/mol. The second kappa shape index (κ2) is 9.80. The van der Waals surface area contributed by atoms with E-state index in [0.29, 0.717) is 0 Å². The molecule has 0 bridgehead atoms. The van der Waals surface area contributed by atoms with Crippen molar-refractivity contribution in [1.29, 1.82) is 0 Å². The Morgan fingerprint density at radius 3 is 2.54 bits per heavy atom. The first-order valence-electron chi connectivity index (χ1n) is 8.42. The molecular formula is C19H19ClFN3O4. The minimum atomic E-state index is -1.05. The maximum absolute atomic E-state index is 13.7. The Bertz CT molecular complexity index is 876. The van der Waals surface area contributed by atoms with Crippen LogP contribution in [0.25, 0.3) is 0 Å². The third-order valence-corrected chi connectivity index (χ3v) is 4.01. The summed E-state index contributed by atoms with van der Waals surface area (Å²) in [7, 11) is 0. The van der Waals surface area contributed by atoms with Gasteiger partial charge >= 0.3 is 5.97 Å². The van der Waals surface area contributed by atoms with Gasteiger partial charge in [0.05, 0.1) is 11.3 Å². The molecule has 0 saturated heterocycles. The fourth-order valence-electron chi connectivity index (χ4n) is 2.25. The van der Waals surface area contributed by atoms with Gasteiger partial charge in [0.15, 0.2) is 11.8 Å². The van der Waals surface area contributed by atoms with E-state index in [1.165, 1.54) is 24.4 Å². The first kappa shape index (κ1) is 21.3. The van der Waals surface area contributed by atoms with Crippen LogP contribution in [0.15, 0.2) is 42.6 Å². The number of hydrogen-bond acceptors (Lipinski definition) is 5. The number of carbonyl (C=O) groups excluding carboxylic acids is 3. The molecule has 0 saturated carbocycles. The molecule has 148 valence electrons. The summed E-state index contributed by atoms with van der Waals surface area (Å²) in [5, 5.41) is 5.00. The van der Waals surface area contributed by atoms with E-state index in [1.807, 2.05) is 0 Å². The number of aromatic nitrogens is 1. The fourth-order valence-corrected chi connectivity index (χ4v) is 2.42. The Morgan fingerprint density at radius 2 is 1.89 bits per heavy atom. The van der Waals surface area contributed by atoms with Gasteiger partial charge in [0.2, 0.25) is 0 Å².